The molecule has 1 aromatic carbocycles. The Balaban J connectivity index is 2.00. The summed E-state index contributed by atoms with van der Waals surface area (Å²) in [5.74, 6) is -0.361. The second-order valence-electron chi connectivity index (χ2n) is 5.97. The molecular formula is C18H24ClN5O2S. The van der Waals surface area contributed by atoms with Crippen LogP contribution >= 0.6 is 23.8 Å². The number of methoxy groups -OCH3 is 1. The van der Waals surface area contributed by atoms with Crippen LogP contribution in [0.1, 0.15) is 28.0 Å². The first kappa shape index (κ1) is 21.1. The molecule has 2 aromatic rings. The van der Waals surface area contributed by atoms with Gasteiger partial charge in [-0.15, -0.1) is 0 Å². The predicted octanol–water partition coefficient (Wildman–Crippen LogP) is 2.38. The molecule has 0 saturated carbocycles. The fraction of sp³-hybridized carbons (Fsp3) is 0.389. The molecule has 0 fully saturated rings. The molecular weight excluding hydrogens is 386 g/mol. The summed E-state index contributed by atoms with van der Waals surface area (Å²) in [6.45, 7) is 3.54. The summed E-state index contributed by atoms with van der Waals surface area (Å²) in [7, 11) is 3.32. The van der Waals surface area contributed by atoms with Gasteiger partial charge in [-0.1, -0.05) is 41.9 Å². The van der Waals surface area contributed by atoms with E-state index in [0.717, 1.165) is 12.0 Å². The lowest BCUT2D eigenvalue weighted by Crippen LogP contribution is -2.48. The van der Waals surface area contributed by atoms with Crippen LogP contribution in [-0.4, -0.2) is 53.1 Å². The standard InChI is InChI=1S/C18H24ClN5O2S/c1-13-15(16(19)24(21-13)12-14-8-5-4-6-9-14)17(25)22-23(2)18(27)20-10-7-11-26-3/h4-6,8-9H,7,10-12H2,1-3H3,(H,20,27)(H,22,25). The maximum absolute atomic E-state index is 12.6. The van der Waals surface area contributed by atoms with Gasteiger partial charge in [0.15, 0.2) is 5.11 Å². The van der Waals surface area contributed by atoms with Crippen molar-refractivity contribution in [1.29, 1.82) is 0 Å². The van der Waals surface area contributed by atoms with Gasteiger partial charge in [-0.05, 0) is 31.1 Å². The topological polar surface area (TPSA) is 71.4 Å². The van der Waals surface area contributed by atoms with Crippen LogP contribution in [0.3, 0.4) is 0 Å². The van der Waals surface area contributed by atoms with Crippen molar-refractivity contribution < 1.29 is 9.53 Å². The Morgan fingerprint density at radius 1 is 1.37 bits per heavy atom. The lowest BCUT2D eigenvalue weighted by Gasteiger charge is -2.21. The van der Waals surface area contributed by atoms with Crippen molar-refractivity contribution in [3.05, 3.63) is 52.3 Å². The number of aromatic nitrogens is 2. The van der Waals surface area contributed by atoms with Crippen LogP contribution in [0.5, 0.6) is 0 Å². The van der Waals surface area contributed by atoms with E-state index in [1.807, 2.05) is 30.3 Å². The summed E-state index contributed by atoms with van der Waals surface area (Å²) >= 11 is 11.7. The zero-order valence-electron chi connectivity index (χ0n) is 15.7. The third-order valence-electron chi connectivity index (χ3n) is 3.84. The molecule has 0 atom stereocenters. The molecule has 0 aliphatic carbocycles. The second-order valence-corrected chi connectivity index (χ2v) is 6.72. The number of ether oxygens (including phenoxy) is 1. The van der Waals surface area contributed by atoms with Crippen molar-refractivity contribution in [2.75, 3.05) is 27.3 Å². The van der Waals surface area contributed by atoms with Gasteiger partial charge in [0, 0.05) is 27.3 Å². The highest BCUT2D eigenvalue weighted by Gasteiger charge is 2.22. The van der Waals surface area contributed by atoms with Crippen molar-refractivity contribution in [1.82, 2.24) is 25.5 Å². The van der Waals surface area contributed by atoms with Gasteiger partial charge in [0.1, 0.15) is 10.7 Å². The number of amides is 1. The zero-order chi connectivity index (χ0) is 19.8. The number of nitrogens with zero attached hydrogens (tertiary/aromatic N) is 3. The molecule has 7 nitrogen and oxygen atoms in total. The molecule has 0 bridgehead atoms. The van der Waals surface area contributed by atoms with Gasteiger partial charge < -0.3 is 10.1 Å². The molecule has 146 valence electrons. The Kier molecular flexibility index (Phi) is 8.02. The molecule has 2 rings (SSSR count). The highest BCUT2D eigenvalue weighted by molar-refractivity contribution is 7.80. The average molecular weight is 410 g/mol. The van der Waals surface area contributed by atoms with Gasteiger partial charge in [-0.2, -0.15) is 5.10 Å². The smallest absolute Gasteiger partial charge is 0.274 e. The summed E-state index contributed by atoms with van der Waals surface area (Å²) in [6, 6.07) is 9.80. The van der Waals surface area contributed by atoms with E-state index in [1.165, 1.54) is 5.01 Å². The van der Waals surface area contributed by atoms with E-state index >= 15 is 0 Å². The van der Waals surface area contributed by atoms with Gasteiger partial charge in [0.05, 0.1) is 12.2 Å². The highest BCUT2D eigenvalue weighted by atomic mass is 35.5. The molecule has 0 aliphatic heterocycles. The summed E-state index contributed by atoms with van der Waals surface area (Å²) in [4.78, 5) is 12.6. The van der Waals surface area contributed by atoms with Crippen molar-refractivity contribution in [2.45, 2.75) is 19.9 Å². The number of carbonyl (C=O) groups excluding carboxylic acids is 1. The molecule has 0 spiro atoms. The largest absolute Gasteiger partial charge is 0.385 e. The normalized spacial score (nSPS) is 10.5. The lowest BCUT2D eigenvalue weighted by atomic mass is 10.2. The number of aryl methyl sites for hydroxylation is 1. The number of carbonyl (C=O) groups is 1. The van der Waals surface area contributed by atoms with Crippen molar-refractivity contribution >= 4 is 34.8 Å². The molecule has 27 heavy (non-hydrogen) atoms. The fourth-order valence-electron chi connectivity index (χ4n) is 2.46. The van der Waals surface area contributed by atoms with Gasteiger partial charge in [0.25, 0.3) is 5.91 Å². The maximum atomic E-state index is 12.6. The zero-order valence-corrected chi connectivity index (χ0v) is 17.2. The monoisotopic (exact) mass is 409 g/mol. The van der Waals surface area contributed by atoms with E-state index in [2.05, 4.69) is 15.8 Å². The Morgan fingerprint density at radius 3 is 2.74 bits per heavy atom. The Labute approximate surface area is 169 Å². The van der Waals surface area contributed by atoms with E-state index in [1.54, 1.807) is 25.8 Å². The number of halogens is 1. The maximum Gasteiger partial charge on any atom is 0.274 e. The summed E-state index contributed by atoms with van der Waals surface area (Å²) in [6.07, 6.45) is 0.815. The predicted molar refractivity (Wildman–Crippen MR) is 110 cm³/mol. The molecule has 1 aromatic heterocycles. The molecule has 1 heterocycles. The first-order valence-corrected chi connectivity index (χ1v) is 9.31. The minimum atomic E-state index is -0.361. The quantitative estimate of drug-likeness (QED) is 0.415. The van der Waals surface area contributed by atoms with Gasteiger partial charge in [-0.25, -0.2) is 4.68 Å². The Morgan fingerprint density at radius 2 is 2.07 bits per heavy atom. The molecule has 0 radical (unpaired) electrons. The van der Waals surface area contributed by atoms with E-state index in [4.69, 9.17) is 28.6 Å². The average Bonchev–Trinajstić information content (AvgIpc) is 2.92. The van der Waals surface area contributed by atoms with Crippen molar-refractivity contribution in [3.63, 3.8) is 0 Å². The molecule has 9 heteroatoms. The Bertz CT molecular complexity index is 782. The number of hydrogen-bond donors (Lipinski definition) is 2. The third-order valence-corrected chi connectivity index (χ3v) is 4.65. The van der Waals surface area contributed by atoms with E-state index in [9.17, 15) is 4.79 Å². The van der Waals surface area contributed by atoms with Gasteiger partial charge >= 0.3 is 0 Å². The van der Waals surface area contributed by atoms with Crippen LogP contribution in [0.2, 0.25) is 5.15 Å². The number of thiocarbonyl (C=S) groups is 1. The lowest BCUT2D eigenvalue weighted by molar-refractivity contribution is 0.0885. The first-order chi connectivity index (χ1) is 12.9. The second kappa shape index (κ2) is 10.2. The van der Waals surface area contributed by atoms with Crippen LogP contribution in [0, 0.1) is 6.92 Å². The number of benzene rings is 1. The number of nitrogens with one attached hydrogen (secondary N) is 2. The van der Waals surface area contributed by atoms with Crippen LogP contribution < -0.4 is 10.7 Å². The number of hydrazine groups is 1. The van der Waals surface area contributed by atoms with Crippen molar-refractivity contribution in [2.24, 2.45) is 0 Å². The van der Waals surface area contributed by atoms with E-state index < -0.39 is 0 Å². The molecule has 0 unspecified atom stereocenters. The van der Waals surface area contributed by atoms with E-state index in [-0.39, 0.29) is 5.91 Å². The third kappa shape index (κ3) is 5.92. The van der Waals surface area contributed by atoms with Gasteiger partial charge in [-0.3, -0.25) is 15.2 Å². The number of hydrogen-bond acceptors (Lipinski definition) is 4. The highest BCUT2D eigenvalue weighted by Crippen LogP contribution is 2.21. The minimum Gasteiger partial charge on any atom is -0.385 e. The molecule has 0 aliphatic rings. The van der Waals surface area contributed by atoms with Crippen LogP contribution in [-0.2, 0) is 11.3 Å². The first-order valence-electron chi connectivity index (χ1n) is 8.52. The SMILES string of the molecule is COCCCNC(=S)N(C)NC(=O)c1c(C)nn(Cc2ccccc2)c1Cl. The summed E-state index contributed by atoms with van der Waals surface area (Å²) < 4.78 is 6.60. The Hall–Kier alpha value is -2.16. The molecule has 0 saturated heterocycles. The van der Waals surface area contributed by atoms with E-state index in [0.29, 0.717) is 41.2 Å². The molecule has 2 N–H and O–H groups in total. The minimum absolute atomic E-state index is 0.293. The summed E-state index contributed by atoms with van der Waals surface area (Å²) in [5.41, 5.74) is 4.66. The van der Waals surface area contributed by atoms with Gasteiger partial charge in [0.2, 0.25) is 0 Å². The fourth-order valence-corrected chi connectivity index (χ4v) is 2.93. The molecule has 1 amide bonds. The van der Waals surface area contributed by atoms with Crippen LogP contribution in [0.4, 0.5) is 0 Å². The van der Waals surface area contributed by atoms with Crippen molar-refractivity contribution in [3.8, 4) is 0 Å². The van der Waals surface area contributed by atoms with Crippen LogP contribution in [0.25, 0.3) is 0 Å². The van der Waals surface area contributed by atoms with Crippen LogP contribution in [0.15, 0.2) is 30.3 Å². The summed E-state index contributed by atoms with van der Waals surface area (Å²) in [5, 5.41) is 9.60. The number of rotatable bonds is 7.